The molecule has 0 aromatic carbocycles. The van der Waals surface area contributed by atoms with E-state index in [0.29, 0.717) is 5.92 Å². The number of aromatic nitrogens is 2. The highest BCUT2D eigenvalue weighted by molar-refractivity contribution is 5.32. The third-order valence-electron chi connectivity index (χ3n) is 3.06. The fourth-order valence-corrected chi connectivity index (χ4v) is 2.03. The fraction of sp³-hybridized carbons (Fsp3) is 0.600. The van der Waals surface area contributed by atoms with Crippen LogP contribution in [0.5, 0.6) is 0 Å². The Morgan fingerprint density at radius 2 is 2.46 bits per heavy atom. The summed E-state index contributed by atoms with van der Waals surface area (Å²) in [5, 5.41) is 0. The van der Waals surface area contributed by atoms with E-state index < -0.39 is 0 Å². The molecule has 2 unspecified atom stereocenters. The molecule has 0 aliphatic heterocycles. The van der Waals surface area contributed by atoms with Gasteiger partial charge in [-0.25, -0.2) is 9.97 Å². The molecule has 2 rings (SSSR count). The van der Waals surface area contributed by atoms with Crippen molar-refractivity contribution in [1.82, 2.24) is 9.97 Å². The van der Waals surface area contributed by atoms with Crippen molar-refractivity contribution in [3.05, 3.63) is 23.8 Å². The van der Waals surface area contributed by atoms with Crippen molar-refractivity contribution < 1.29 is 0 Å². The van der Waals surface area contributed by atoms with E-state index in [4.69, 9.17) is 5.73 Å². The van der Waals surface area contributed by atoms with E-state index in [1.54, 1.807) is 6.33 Å². The van der Waals surface area contributed by atoms with Gasteiger partial charge in [0.05, 0.1) is 0 Å². The van der Waals surface area contributed by atoms with Crippen LogP contribution in [-0.2, 0) is 5.54 Å². The summed E-state index contributed by atoms with van der Waals surface area (Å²) in [6.45, 7) is 4.18. The van der Waals surface area contributed by atoms with Crippen molar-refractivity contribution in [3.63, 3.8) is 0 Å². The second-order valence-corrected chi connectivity index (χ2v) is 3.87. The molecule has 3 nitrogen and oxygen atoms in total. The van der Waals surface area contributed by atoms with Crippen molar-refractivity contribution >= 4 is 0 Å². The lowest BCUT2D eigenvalue weighted by Crippen LogP contribution is -2.23. The van der Waals surface area contributed by atoms with Gasteiger partial charge in [0.1, 0.15) is 6.33 Å². The average molecular weight is 177 g/mol. The van der Waals surface area contributed by atoms with Gasteiger partial charge in [-0.15, -0.1) is 0 Å². The maximum absolute atomic E-state index is 6.24. The normalized spacial score (nSPS) is 31.8. The van der Waals surface area contributed by atoms with Crippen LogP contribution >= 0.6 is 0 Å². The highest BCUT2D eigenvalue weighted by Crippen LogP contribution is 2.51. The molecular weight excluding hydrogens is 162 g/mol. The molecule has 0 amide bonds. The predicted octanol–water partition coefficient (Wildman–Crippen LogP) is 1.37. The lowest BCUT2D eigenvalue weighted by Gasteiger charge is -2.12. The highest BCUT2D eigenvalue weighted by atomic mass is 14.9. The largest absolute Gasteiger partial charge is 0.321 e. The standard InChI is InChI=1S/C10H15N3/c1-3-8-4-10(8,11)9-5-12-6-13-7(9)2/h5-6,8H,3-4,11H2,1-2H3. The minimum atomic E-state index is -0.125. The van der Waals surface area contributed by atoms with Crippen LogP contribution in [0.1, 0.15) is 31.0 Å². The van der Waals surface area contributed by atoms with Crippen molar-refractivity contribution in [2.45, 2.75) is 32.2 Å². The Labute approximate surface area is 78.4 Å². The van der Waals surface area contributed by atoms with E-state index in [-0.39, 0.29) is 5.54 Å². The molecule has 1 aliphatic carbocycles. The summed E-state index contributed by atoms with van der Waals surface area (Å²) >= 11 is 0. The van der Waals surface area contributed by atoms with Gasteiger partial charge in [-0.1, -0.05) is 13.3 Å². The third kappa shape index (κ3) is 1.23. The second-order valence-electron chi connectivity index (χ2n) is 3.87. The van der Waals surface area contributed by atoms with Crippen molar-refractivity contribution in [3.8, 4) is 0 Å². The summed E-state index contributed by atoms with van der Waals surface area (Å²) in [6.07, 6.45) is 5.66. The Hall–Kier alpha value is -0.960. The summed E-state index contributed by atoms with van der Waals surface area (Å²) < 4.78 is 0. The van der Waals surface area contributed by atoms with Crippen LogP contribution in [0.25, 0.3) is 0 Å². The molecular formula is C10H15N3. The van der Waals surface area contributed by atoms with E-state index >= 15 is 0 Å². The van der Waals surface area contributed by atoms with Crippen molar-refractivity contribution in [1.29, 1.82) is 0 Å². The van der Waals surface area contributed by atoms with E-state index in [2.05, 4.69) is 16.9 Å². The number of hydrogen-bond donors (Lipinski definition) is 1. The Morgan fingerprint density at radius 1 is 1.69 bits per heavy atom. The van der Waals surface area contributed by atoms with Crippen LogP contribution in [0.4, 0.5) is 0 Å². The predicted molar refractivity (Wildman–Crippen MR) is 51.0 cm³/mol. The lowest BCUT2D eigenvalue weighted by atomic mass is 10.0. The molecule has 0 saturated heterocycles. The fourth-order valence-electron chi connectivity index (χ4n) is 2.03. The molecule has 3 heteroatoms. The van der Waals surface area contributed by atoms with Gasteiger partial charge in [0.2, 0.25) is 0 Å². The maximum Gasteiger partial charge on any atom is 0.115 e. The summed E-state index contributed by atoms with van der Waals surface area (Å²) in [4.78, 5) is 8.19. The molecule has 1 aromatic rings. The van der Waals surface area contributed by atoms with Gasteiger partial charge in [-0.3, -0.25) is 0 Å². The van der Waals surface area contributed by atoms with Crippen molar-refractivity contribution in [2.24, 2.45) is 11.7 Å². The summed E-state index contributed by atoms with van der Waals surface area (Å²) in [5.41, 5.74) is 8.27. The van der Waals surface area contributed by atoms with Crippen LogP contribution in [0.2, 0.25) is 0 Å². The lowest BCUT2D eigenvalue weighted by molar-refractivity contribution is 0.605. The summed E-state index contributed by atoms with van der Waals surface area (Å²) in [5.74, 6) is 0.622. The molecule has 1 aliphatic rings. The Morgan fingerprint density at radius 3 is 3.00 bits per heavy atom. The van der Waals surface area contributed by atoms with Crippen LogP contribution in [-0.4, -0.2) is 9.97 Å². The third-order valence-corrected chi connectivity index (χ3v) is 3.06. The molecule has 2 atom stereocenters. The molecule has 0 bridgehead atoms. The highest BCUT2D eigenvalue weighted by Gasteiger charge is 2.51. The molecule has 13 heavy (non-hydrogen) atoms. The Balaban J connectivity index is 2.32. The van der Waals surface area contributed by atoms with Crippen LogP contribution < -0.4 is 5.73 Å². The topological polar surface area (TPSA) is 51.8 Å². The minimum absolute atomic E-state index is 0.125. The Bertz CT molecular complexity index is 324. The molecule has 1 heterocycles. The summed E-state index contributed by atoms with van der Waals surface area (Å²) in [6, 6.07) is 0. The van der Waals surface area contributed by atoms with Gasteiger partial charge >= 0.3 is 0 Å². The molecule has 2 N–H and O–H groups in total. The number of rotatable bonds is 2. The smallest absolute Gasteiger partial charge is 0.115 e. The molecule has 1 saturated carbocycles. The molecule has 0 spiro atoms. The molecule has 70 valence electrons. The van der Waals surface area contributed by atoms with E-state index in [9.17, 15) is 0 Å². The first kappa shape index (κ1) is 8.63. The Kier molecular flexibility index (Phi) is 1.84. The number of nitrogens with two attached hydrogens (primary N) is 1. The van der Waals surface area contributed by atoms with Gasteiger partial charge in [0.15, 0.2) is 0 Å². The minimum Gasteiger partial charge on any atom is -0.321 e. The van der Waals surface area contributed by atoms with Gasteiger partial charge in [0.25, 0.3) is 0 Å². The molecule has 1 aromatic heterocycles. The van der Waals surface area contributed by atoms with E-state index in [0.717, 1.165) is 24.1 Å². The number of aryl methyl sites for hydroxylation is 1. The quantitative estimate of drug-likeness (QED) is 0.742. The van der Waals surface area contributed by atoms with E-state index in [1.807, 2.05) is 13.1 Å². The molecule has 1 fully saturated rings. The van der Waals surface area contributed by atoms with Crippen LogP contribution in [0.15, 0.2) is 12.5 Å². The van der Waals surface area contributed by atoms with Crippen LogP contribution in [0, 0.1) is 12.8 Å². The summed E-state index contributed by atoms with van der Waals surface area (Å²) in [7, 11) is 0. The first-order valence-electron chi connectivity index (χ1n) is 4.74. The van der Waals surface area contributed by atoms with Crippen molar-refractivity contribution in [2.75, 3.05) is 0 Å². The zero-order chi connectivity index (χ0) is 9.47. The SMILES string of the molecule is CCC1CC1(N)c1cncnc1C. The first-order valence-corrected chi connectivity index (χ1v) is 4.74. The van der Waals surface area contributed by atoms with Gasteiger partial charge in [-0.05, 0) is 19.3 Å². The number of nitrogens with zero attached hydrogens (tertiary/aromatic N) is 2. The molecule has 0 radical (unpaired) electrons. The zero-order valence-corrected chi connectivity index (χ0v) is 8.12. The maximum atomic E-state index is 6.24. The van der Waals surface area contributed by atoms with Crippen LogP contribution in [0.3, 0.4) is 0 Å². The van der Waals surface area contributed by atoms with Gasteiger partial charge < -0.3 is 5.73 Å². The monoisotopic (exact) mass is 177 g/mol. The van der Waals surface area contributed by atoms with Gasteiger partial charge in [-0.2, -0.15) is 0 Å². The average Bonchev–Trinajstić information content (AvgIpc) is 2.79. The first-order chi connectivity index (χ1) is 6.18. The second kappa shape index (κ2) is 2.77. The number of hydrogen-bond acceptors (Lipinski definition) is 3. The zero-order valence-electron chi connectivity index (χ0n) is 8.12. The van der Waals surface area contributed by atoms with E-state index in [1.165, 1.54) is 0 Å². The van der Waals surface area contributed by atoms with Gasteiger partial charge in [0, 0.05) is 23.0 Å².